The molecule has 7 heteroatoms. The lowest BCUT2D eigenvalue weighted by molar-refractivity contribution is -0.125. The molecule has 39 heavy (non-hydrogen) atoms. The number of ketones is 1. The minimum absolute atomic E-state index is 0.241. The molecule has 0 bridgehead atoms. The normalized spacial score (nSPS) is 27.7. The number of carbonyl (C=O) groups excluding carboxylic acids is 1. The van der Waals surface area contributed by atoms with Gasteiger partial charge in [-0.15, -0.1) is 0 Å². The molecule has 5 nitrogen and oxygen atoms in total. The number of ether oxygens (including phenoxy) is 1. The molecule has 2 aromatic carbocycles. The standard InChI is InChI=1S/C32H43ClO5S/c1-4-7-30(35)31(29-20-26(33)12-9-23(29)2)17-6-5-8-24(15-18-31)16-19-38-28-13-10-25(11-14-28)32(39(3,36)37)21-27(34)22-32/h9-14,20,24,27,34H,4-8,15-19,21-22H2,1-3H3. The monoisotopic (exact) mass is 574 g/mol. The zero-order valence-corrected chi connectivity index (χ0v) is 25.1. The SMILES string of the molecule is CCCC(=O)C1(c2cc(Cl)ccc2C)CCCCC(CCOc2ccc(C3(S(C)(=O)=O)CC(O)C3)cc2)CC1. The van der Waals surface area contributed by atoms with Crippen LogP contribution in [0.4, 0.5) is 0 Å². The fourth-order valence-corrected chi connectivity index (χ4v) is 8.52. The summed E-state index contributed by atoms with van der Waals surface area (Å²) in [5.41, 5.74) is 2.50. The molecule has 1 N–H and O–H groups in total. The summed E-state index contributed by atoms with van der Waals surface area (Å²) in [6.07, 6.45) is 9.46. The first kappa shape index (κ1) is 30.1. The summed E-state index contributed by atoms with van der Waals surface area (Å²) < 4.78 is 30.0. The van der Waals surface area contributed by atoms with Gasteiger partial charge in [-0.05, 0) is 98.7 Å². The highest BCUT2D eigenvalue weighted by Crippen LogP contribution is 2.48. The topological polar surface area (TPSA) is 80.7 Å². The highest BCUT2D eigenvalue weighted by molar-refractivity contribution is 7.91. The first-order valence-corrected chi connectivity index (χ1v) is 16.7. The van der Waals surface area contributed by atoms with Crippen LogP contribution in [0.1, 0.15) is 94.2 Å². The molecule has 4 rings (SSSR count). The van der Waals surface area contributed by atoms with Crippen LogP contribution in [0.3, 0.4) is 0 Å². The van der Waals surface area contributed by atoms with Gasteiger partial charge in [0.25, 0.3) is 0 Å². The molecule has 0 spiro atoms. The van der Waals surface area contributed by atoms with Gasteiger partial charge < -0.3 is 9.84 Å². The molecule has 0 amide bonds. The van der Waals surface area contributed by atoms with Gasteiger partial charge in [0.15, 0.2) is 9.84 Å². The fraction of sp³-hybridized carbons (Fsp3) is 0.594. The van der Waals surface area contributed by atoms with Crippen molar-refractivity contribution in [2.24, 2.45) is 5.92 Å². The van der Waals surface area contributed by atoms with Crippen LogP contribution in [0.15, 0.2) is 42.5 Å². The lowest BCUT2D eigenvalue weighted by Gasteiger charge is -2.44. The van der Waals surface area contributed by atoms with Crippen LogP contribution in [-0.4, -0.2) is 38.3 Å². The molecule has 0 heterocycles. The molecule has 2 saturated carbocycles. The molecule has 0 radical (unpaired) electrons. The first-order chi connectivity index (χ1) is 18.5. The van der Waals surface area contributed by atoms with Gasteiger partial charge >= 0.3 is 0 Å². The Morgan fingerprint density at radius 2 is 1.79 bits per heavy atom. The summed E-state index contributed by atoms with van der Waals surface area (Å²) in [7, 11) is -3.34. The first-order valence-electron chi connectivity index (χ1n) is 14.4. The molecule has 0 saturated heterocycles. The number of hydrogen-bond acceptors (Lipinski definition) is 5. The Morgan fingerprint density at radius 1 is 1.08 bits per heavy atom. The van der Waals surface area contributed by atoms with Crippen LogP contribution < -0.4 is 4.74 Å². The van der Waals surface area contributed by atoms with Crippen molar-refractivity contribution < 1.29 is 23.1 Å². The van der Waals surface area contributed by atoms with Crippen molar-refractivity contribution in [1.82, 2.24) is 0 Å². The fourth-order valence-electron chi connectivity index (χ4n) is 6.80. The molecule has 2 aliphatic carbocycles. The van der Waals surface area contributed by atoms with Crippen molar-refractivity contribution in [3.8, 4) is 5.75 Å². The third-order valence-corrected chi connectivity index (χ3v) is 11.4. The van der Waals surface area contributed by atoms with E-state index in [-0.39, 0.29) is 12.8 Å². The summed E-state index contributed by atoms with van der Waals surface area (Å²) in [4.78, 5) is 13.6. The Morgan fingerprint density at radius 3 is 2.44 bits per heavy atom. The van der Waals surface area contributed by atoms with E-state index in [1.165, 1.54) is 6.26 Å². The van der Waals surface area contributed by atoms with E-state index >= 15 is 0 Å². The number of sulfone groups is 1. The zero-order valence-electron chi connectivity index (χ0n) is 23.5. The van der Waals surface area contributed by atoms with Crippen molar-refractivity contribution >= 4 is 27.2 Å². The van der Waals surface area contributed by atoms with E-state index < -0.39 is 26.1 Å². The largest absolute Gasteiger partial charge is 0.494 e. The Bertz CT molecular complexity index is 1250. The Balaban J connectivity index is 1.41. The molecular formula is C32H43ClO5S. The van der Waals surface area contributed by atoms with E-state index in [1.807, 2.05) is 42.5 Å². The van der Waals surface area contributed by atoms with Crippen LogP contribution in [-0.2, 0) is 24.8 Å². The maximum atomic E-state index is 13.6. The predicted molar refractivity (Wildman–Crippen MR) is 157 cm³/mol. The van der Waals surface area contributed by atoms with Gasteiger partial charge in [-0.25, -0.2) is 8.42 Å². The Labute approximate surface area is 239 Å². The summed E-state index contributed by atoms with van der Waals surface area (Å²) in [5, 5.41) is 10.5. The van der Waals surface area contributed by atoms with Gasteiger partial charge in [0.2, 0.25) is 0 Å². The quantitative estimate of drug-likeness (QED) is 0.327. The van der Waals surface area contributed by atoms with Crippen LogP contribution in [0.25, 0.3) is 0 Å². The van der Waals surface area contributed by atoms with Gasteiger partial charge in [-0.2, -0.15) is 0 Å². The van der Waals surface area contributed by atoms with E-state index in [1.54, 1.807) is 0 Å². The van der Waals surface area contributed by atoms with Crippen LogP contribution >= 0.6 is 11.6 Å². The number of hydrogen-bond donors (Lipinski definition) is 1. The zero-order chi connectivity index (χ0) is 28.3. The average molecular weight is 575 g/mol. The number of aliphatic hydroxyl groups excluding tert-OH is 1. The van der Waals surface area contributed by atoms with E-state index in [2.05, 4.69) is 13.8 Å². The number of aryl methyl sites for hydroxylation is 1. The van der Waals surface area contributed by atoms with Gasteiger partial charge in [0, 0.05) is 17.7 Å². The van der Waals surface area contributed by atoms with Crippen molar-refractivity contribution in [3.63, 3.8) is 0 Å². The number of halogens is 1. The predicted octanol–water partition coefficient (Wildman–Crippen LogP) is 7.09. The second-order valence-electron chi connectivity index (χ2n) is 11.9. The molecule has 2 atom stereocenters. The second kappa shape index (κ2) is 12.3. The lowest BCUT2D eigenvalue weighted by atomic mass is 9.65. The Hall–Kier alpha value is -1.89. The molecule has 2 unspecified atom stereocenters. The maximum Gasteiger partial charge on any atom is 0.157 e. The van der Waals surface area contributed by atoms with E-state index in [0.717, 1.165) is 68.2 Å². The summed E-state index contributed by atoms with van der Waals surface area (Å²) in [6, 6.07) is 13.3. The molecule has 2 aromatic rings. The van der Waals surface area contributed by atoms with Gasteiger partial charge in [0.05, 0.1) is 18.1 Å². The van der Waals surface area contributed by atoms with E-state index in [9.17, 15) is 18.3 Å². The molecule has 0 aromatic heterocycles. The number of benzene rings is 2. The number of carbonyl (C=O) groups is 1. The third kappa shape index (κ3) is 6.39. The lowest BCUT2D eigenvalue weighted by Crippen LogP contribution is -2.49. The highest BCUT2D eigenvalue weighted by atomic mass is 35.5. The number of aliphatic hydroxyl groups is 1. The van der Waals surface area contributed by atoms with Crippen LogP contribution in [0, 0.1) is 12.8 Å². The summed E-state index contributed by atoms with van der Waals surface area (Å²) in [5.74, 6) is 1.54. The van der Waals surface area contributed by atoms with Gasteiger partial charge in [0.1, 0.15) is 16.3 Å². The number of Topliss-reactive ketones (excluding diaryl/α,β-unsaturated/α-hetero) is 1. The van der Waals surface area contributed by atoms with Crippen LogP contribution in [0.5, 0.6) is 5.75 Å². The van der Waals surface area contributed by atoms with Gasteiger partial charge in [-0.3, -0.25) is 4.79 Å². The van der Waals surface area contributed by atoms with Crippen molar-refractivity contribution in [2.75, 3.05) is 12.9 Å². The minimum Gasteiger partial charge on any atom is -0.494 e. The molecular weight excluding hydrogens is 532 g/mol. The summed E-state index contributed by atoms with van der Waals surface area (Å²) >= 11 is 6.41. The molecule has 0 aliphatic heterocycles. The van der Waals surface area contributed by atoms with Crippen molar-refractivity contribution in [3.05, 3.63) is 64.2 Å². The maximum absolute atomic E-state index is 13.6. The molecule has 2 fully saturated rings. The van der Waals surface area contributed by atoms with Gasteiger partial charge in [-0.1, -0.05) is 56.0 Å². The smallest absolute Gasteiger partial charge is 0.157 e. The van der Waals surface area contributed by atoms with Crippen LogP contribution in [0.2, 0.25) is 5.02 Å². The second-order valence-corrected chi connectivity index (χ2v) is 14.6. The Kier molecular flexibility index (Phi) is 9.50. The van der Waals surface area contributed by atoms with Crippen molar-refractivity contribution in [1.29, 1.82) is 0 Å². The third-order valence-electron chi connectivity index (χ3n) is 9.19. The van der Waals surface area contributed by atoms with Crippen molar-refractivity contribution in [2.45, 2.75) is 101 Å². The summed E-state index contributed by atoms with van der Waals surface area (Å²) in [6.45, 7) is 4.74. The highest BCUT2D eigenvalue weighted by Gasteiger charge is 2.52. The molecule has 2 aliphatic rings. The number of rotatable bonds is 10. The average Bonchev–Trinajstić information content (AvgIpc) is 2.85. The van der Waals surface area contributed by atoms with E-state index in [0.29, 0.717) is 35.3 Å². The molecule has 214 valence electrons. The minimum atomic E-state index is -3.34. The van der Waals surface area contributed by atoms with E-state index in [4.69, 9.17) is 16.3 Å².